The number of likely N-dealkylation sites (tertiary alicyclic amines) is 1. The van der Waals surface area contributed by atoms with Gasteiger partial charge in [0.2, 0.25) is 0 Å². The summed E-state index contributed by atoms with van der Waals surface area (Å²) in [5.41, 5.74) is 5.05. The fourth-order valence-corrected chi connectivity index (χ4v) is 2.82. The first-order valence-corrected chi connectivity index (χ1v) is 6.91. The maximum Gasteiger partial charge on any atom is 0.256 e. The van der Waals surface area contributed by atoms with Crippen LogP contribution in [0.15, 0.2) is 18.2 Å². The third-order valence-corrected chi connectivity index (χ3v) is 3.96. The highest BCUT2D eigenvalue weighted by Gasteiger charge is 2.28. The number of piperidine rings is 1. The van der Waals surface area contributed by atoms with Gasteiger partial charge >= 0.3 is 0 Å². The number of amides is 1. The van der Waals surface area contributed by atoms with E-state index in [0.717, 1.165) is 24.9 Å². The number of carbonyl (C=O) groups is 1. The first-order chi connectivity index (χ1) is 9.02. The van der Waals surface area contributed by atoms with Crippen LogP contribution in [0, 0.1) is 12.8 Å². The van der Waals surface area contributed by atoms with Crippen LogP contribution < -0.4 is 11.3 Å². The Hall–Kier alpha value is -1.55. The molecule has 0 spiro atoms. The number of nitrogen functional groups attached to an aromatic ring is 1. The van der Waals surface area contributed by atoms with Crippen molar-refractivity contribution >= 4 is 11.6 Å². The summed E-state index contributed by atoms with van der Waals surface area (Å²) in [4.78, 5) is 14.6. The average Bonchev–Trinajstić information content (AvgIpc) is 2.38. The Kier molecular flexibility index (Phi) is 4.10. The van der Waals surface area contributed by atoms with E-state index >= 15 is 0 Å². The third kappa shape index (κ3) is 2.89. The lowest BCUT2D eigenvalue weighted by atomic mass is 9.92. The van der Waals surface area contributed by atoms with Crippen LogP contribution in [0.25, 0.3) is 0 Å². The number of aryl methyl sites for hydroxylation is 1. The second kappa shape index (κ2) is 5.61. The Labute approximate surface area is 114 Å². The SMILES string of the molecule is Cc1ccc(NN)c(C(=O)N2CCC(C)CC2C)c1. The fraction of sp³-hybridized carbons (Fsp3) is 0.533. The molecule has 1 heterocycles. The summed E-state index contributed by atoms with van der Waals surface area (Å²) in [6.07, 6.45) is 2.15. The van der Waals surface area contributed by atoms with Gasteiger partial charge in [-0.25, -0.2) is 0 Å². The molecular formula is C15H23N3O. The Morgan fingerprint density at radius 2 is 2.16 bits per heavy atom. The summed E-state index contributed by atoms with van der Waals surface area (Å²) in [5.74, 6) is 6.28. The number of nitrogens with one attached hydrogen (secondary N) is 1. The Morgan fingerprint density at radius 1 is 1.42 bits per heavy atom. The molecule has 4 nitrogen and oxygen atoms in total. The number of hydrazine groups is 1. The Morgan fingerprint density at radius 3 is 2.79 bits per heavy atom. The lowest BCUT2D eigenvalue weighted by Crippen LogP contribution is -2.44. The monoisotopic (exact) mass is 261 g/mol. The number of benzene rings is 1. The van der Waals surface area contributed by atoms with Crippen molar-refractivity contribution < 1.29 is 4.79 Å². The van der Waals surface area contributed by atoms with E-state index < -0.39 is 0 Å². The van der Waals surface area contributed by atoms with Crippen LogP contribution in [-0.4, -0.2) is 23.4 Å². The molecule has 2 atom stereocenters. The molecule has 1 amide bonds. The minimum atomic E-state index is 0.0797. The minimum Gasteiger partial charge on any atom is -0.336 e. The molecular weight excluding hydrogens is 238 g/mol. The van der Waals surface area contributed by atoms with Crippen LogP contribution in [0.2, 0.25) is 0 Å². The van der Waals surface area contributed by atoms with Crippen LogP contribution in [-0.2, 0) is 0 Å². The van der Waals surface area contributed by atoms with Gasteiger partial charge in [0.15, 0.2) is 0 Å². The molecule has 0 bridgehead atoms. The zero-order valence-corrected chi connectivity index (χ0v) is 11.9. The number of nitrogens with zero attached hydrogens (tertiary/aromatic N) is 1. The van der Waals surface area contributed by atoms with Gasteiger partial charge in [0.25, 0.3) is 5.91 Å². The van der Waals surface area contributed by atoms with E-state index in [1.807, 2.05) is 30.0 Å². The summed E-state index contributed by atoms with van der Waals surface area (Å²) in [6, 6.07) is 6.01. The zero-order valence-electron chi connectivity index (χ0n) is 11.9. The zero-order chi connectivity index (χ0) is 14.0. The highest BCUT2D eigenvalue weighted by molar-refractivity contribution is 6.00. The van der Waals surface area contributed by atoms with Gasteiger partial charge in [-0.2, -0.15) is 0 Å². The van der Waals surface area contributed by atoms with E-state index in [0.29, 0.717) is 23.2 Å². The summed E-state index contributed by atoms with van der Waals surface area (Å²) in [6.45, 7) is 7.19. The average molecular weight is 261 g/mol. The molecule has 1 aliphatic rings. The van der Waals surface area contributed by atoms with E-state index in [4.69, 9.17) is 5.84 Å². The second-order valence-electron chi connectivity index (χ2n) is 5.67. The molecule has 1 aliphatic heterocycles. The van der Waals surface area contributed by atoms with Crippen LogP contribution in [0.3, 0.4) is 0 Å². The Bertz CT molecular complexity index is 472. The van der Waals surface area contributed by atoms with E-state index in [9.17, 15) is 4.79 Å². The summed E-state index contributed by atoms with van der Waals surface area (Å²) < 4.78 is 0. The molecule has 2 rings (SSSR count). The normalized spacial score (nSPS) is 23.3. The molecule has 4 heteroatoms. The summed E-state index contributed by atoms with van der Waals surface area (Å²) in [5, 5.41) is 0. The quantitative estimate of drug-likeness (QED) is 0.635. The van der Waals surface area contributed by atoms with Crippen LogP contribution in [0.1, 0.15) is 42.6 Å². The molecule has 0 saturated carbocycles. The summed E-state index contributed by atoms with van der Waals surface area (Å²) >= 11 is 0. The maximum atomic E-state index is 12.7. The number of nitrogens with two attached hydrogens (primary N) is 1. The van der Waals surface area contributed by atoms with Gasteiger partial charge in [0, 0.05) is 12.6 Å². The number of hydrogen-bond acceptors (Lipinski definition) is 3. The van der Waals surface area contributed by atoms with Crippen molar-refractivity contribution in [2.75, 3.05) is 12.0 Å². The lowest BCUT2D eigenvalue weighted by Gasteiger charge is -2.37. The molecule has 1 aromatic carbocycles. The van der Waals surface area contributed by atoms with Gasteiger partial charge < -0.3 is 10.3 Å². The van der Waals surface area contributed by atoms with Crippen molar-refractivity contribution in [1.82, 2.24) is 4.90 Å². The van der Waals surface area contributed by atoms with Crippen LogP contribution in [0.4, 0.5) is 5.69 Å². The second-order valence-corrected chi connectivity index (χ2v) is 5.67. The highest BCUT2D eigenvalue weighted by atomic mass is 16.2. The fourth-order valence-electron chi connectivity index (χ4n) is 2.82. The largest absolute Gasteiger partial charge is 0.336 e. The van der Waals surface area contributed by atoms with E-state index in [1.165, 1.54) is 0 Å². The standard InChI is InChI=1S/C15H23N3O/c1-10-4-5-14(17-16)13(9-10)15(19)18-7-6-11(2)8-12(18)3/h4-5,9,11-12,17H,6-8,16H2,1-3H3. The lowest BCUT2D eigenvalue weighted by molar-refractivity contribution is 0.0589. The van der Waals surface area contributed by atoms with Crippen molar-refractivity contribution in [3.63, 3.8) is 0 Å². The molecule has 0 radical (unpaired) electrons. The first kappa shape index (κ1) is 13.9. The van der Waals surface area contributed by atoms with E-state index in [2.05, 4.69) is 19.3 Å². The number of anilines is 1. The minimum absolute atomic E-state index is 0.0797. The predicted molar refractivity (Wildman–Crippen MR) is 77.9 cm³/mol. The first-order valence-electron chi connectivity index (χ1n) is 6.91. The molecule has 1 aromatic rings. The molecule has 2 unspecified atom stereocenters. The molecule has 0 aromatic heterocycles. The summed E-state index contributed by atoms with van der Waals surface area (Å²) in [7, 11) is 0. The molecule has 104 valence electrons. The van der Waals surface area contributed by atoms with Gasteiger partial charge in [0.1, 0.15) is 0 Å². The van der Waals surface area contributed by atoms with E-state index in [1.54, 1.807) is 0 Å². The molecule has 0 aliphatic carbocycles. The van der Waals surface area contributed by atoms with Crippen LogP contribution in [0.5, 0.6) is 0 Å². The number of rotatable bonds is 2. The van der Waals surface area contributed by atoms with Gasteiger partial charge in [-0.15, -0.1) is 0 Å². The van der Waals surface area contributed by atoms with Crippen molar-refractivity contribution in [3.05, 3.63) is 29.3 Å². The molecule has 19 heavy (non-hydrogen) atoms. The van der Waals surface area contributed by atoms with Crippen molar-refractivity contribution in [2.45, 2.75) is 39.7 Å². The Balaban J connectivity index is 2.26. The number of carbonyl (C=O) groups excluding carboxylic acids is 1. The van der Waals surface area contributed by atoms with Gasteiger partial charge in [-0.1, -0.05) is 18.6 Å². The predicted octanol–water partition coefficient (Wildman–Crippen LogP) is 2.54. The smallest absolute Gasteiger partial charge is 0.256 e. The van der Waals surface area contributed by atoms with Crippen molar-refractivity contribution in [2.24, 2.45) is 11.8 Å². The molecule has 3 N–H and O–H groups in total. The van der Waals surface area contributed by atoms with Gasteiger partial charge in [-0.05, 0) is 44.7 Å². The van der Waals surface area contributed by atoms with E-state index in [-0.39, 0.29) is 5.91 Å². The van der Waals surface area contributed by atoms with Crippen LogP contribution >= 0.6 is 0 Å². The molecule has 1 saturated heterocycles. The third-order valence-electron chi connectivity index (χ3n) is 3.96. The highest BCUT2D eigenvalue weighted by Crippen LogP contribution is 2.26. The molecule has 1 fully saturated rings. The van der Waals surface area contributed by atoms with Crippen molar-refractivity contribution in [3.8, 4) is 0 Å². The van der Waals surface area contributed by atoms with Crippen molar-refractivity contribution in [1.29, 1.82) is 0 Å². The van der Waals surface area contributed by atoms with Gasteiger partial charge in [-0.3, -0.25) is 10.6 Å². The van der Waals surface area contributed by atoms with Gasteiger partial charge in [0.05, 0.1) is 11.3 Å². The number of hydrogen-bond donors (Lipinski definition) is 2. The topological polar surface area (TPSA) is 58.4 Å². The maximum absolute atomic E-state index is 12.7.